The second kappa shape index (κ2) is 51.6. The van der Waals surface area contributed by atoms with Gasteiger partial charge in [0.05, 0.1) is 25.2 Å². The van der Waals surface area contributed by atoms with E-state index in [1.54, 1.807) is 0 Å². The van der Waals surface area contributed by atoms with E-state index in [9.17, 15) is 19.8 Å². The van der Waals surface area contributed by atoms with E-state index in [1.165, 1.54) is 218 Å². The van der Waals surface area contributed by atoms with Gasteiger partial charge < -0.3 is 20.3 Å². The van der Waals surface area contributed by atoms with Crippen molar-refractivity contribution in [3.05, 3.63) is 12.2 Å². The fourth-order valence-electron chi connectivity index (χ4n) is 9.02. The third kappa shape index (κ3) is 46.9. The average Bonchev–Trinajstić information content (AvgIpc) is 3.28. The Morgan fingerprint density at radius 2 is 0.762 bits per heavy atom. The fraction of sp³-hybridized carbons (Fsp3) is 0.930. The molecule has 374 valence electrons. The molecule has 63 heavy (non-hydrogen) atoms. The molecule has 6 heteroatoms. The van der Waals surface area contributed by atoms with Crippen LogP contribution in [-0.4, -0.2) is 46.9 Å². The summed E-state index contributed by atoms with van der Waals surface area (Å²) >= 11 is 0. The SMILES string of the molecule is CCCCCCCC/C=C\CCCCCC(=O)OC(CCCCCCCCCCCCCCCCCC)CC(=O)NC(CO)C(O)CCCCCCCCCCCCCCCCC. The van der Waals surface area contributed by atoms with Gasteiger partial charge in [0.25, 0.3) is 0 Å². The van der Waals surface area contributed by atoms with Crippen LogP contribution in [0.3, 0.4) is 0 Å². The molecule has 0 aliphatic carbocycles. The lowest BCUT2D eigenvalue weighted by Gasteiger charge is -2.24. The van der Waals surface area contributed by atoms with Crippen LogP contribution in [0.5, 0.6) is 0 Å². The van der Waals surface area contributed by atoms with E-state index in [0.29, 0.717) is 19.3 Å². The van der Waals surface area contributed by atoms with Gasteiger partial charge in [0.1, 0.15) is 6.10 Å². The third-order valence-corrected chi connectivity index (χ3v) is 13.3. The summed E-state index contributed by atoms with van der Waals surface area (Å²) in [5, 5.41) is 23.9. The predicted molar refractivity (Wildman–Crippen MR) is 273 cm³/mol. The predicted octanol–water partition coefficient (Wildman–Crippen LogP) is 17.3. The molecule has 0 aromatic rings. The summed E-state index contributed by atoms with van der Waals surface area (Å²) in [6.45, 7) is 6.52. The van der Waals surface area contributed by atoms with Gasteiger partial charge in [-0.25, -0.2) is 0 Å². The first-order chi connectivity index (χ1) is 31.0. The molecule has 0 spiro atoms. The smallest absolute Gasteiger partial charge is 0.306 e. The minimum atomic E-state index is -0.785. The summed E-state index contributed by atoms with van der Waals surface area (Å²) in [6.07, 6.45) is 58.5. The molecule has 0 rings (SSSR count). The number of hydrogen-bond donors (Lipinski definition) is 3. The Labute approximate surface area is 393 Å². The van der Waals surface area contributed by atoms with Crippen molar-refractivity contribution in [2.75, 3.05) is 6.61 Å². The van der Waals surface area contributed by atoms with Crippen LogP contribution >= 0.6 is 0 Å². The number of unbranched alkanes of at least 4 members (excludes halogenated alkanes) is 38. The summed E-state index contributed by atoms with van der Waals surface area (Å²) in [5.41, 5.74) is 0. The molecule has 3 atom stereocenters. The van der Waals surface area contributed by atoms with Gasteiger partial charge in [0.2, 0.25) is 5.91 Å². The van der Waals surface area contributed by atoms with Gasteiger partial charge in [-0.3, -0.25) is 9.59 Å². The molecule has 0 heterocycles. The van der Waals surface area contributed by atoms with Crippen LogP contribution in [0.4, 0.5) is 0 Å². The molecule has 0 fully saturated rings. The summed E-state index contributed by atoms with van der Waals surface area (Å²) in [4.78, 5) is 26.2. The summed E-state index contributed by atoms with van der Waals surface area (Å²) in [6, 6.07) is -0.698. The number of esters is 1. The molecule has 0 saturated carbocycles. The molecule has 6 nitrogen and oxygen atoms in total. The van der Waals surface area contributed by atoms with Crippen LogP contribution in [0.1, 0.15) is 316 Å². The topological polar surface area (TPSA) is 95.9 Å². The number of allylic oxidation sites excluding steroid dienone is 2. The maximum atomic E-state index is 13.2. The Hall–Kier alpha value is -1.40. The minimum Gasteiger partial charge on any atom is -0.462 e. The quantitative estimate of drug-likeness (QED) is 0.0321. The number of nitrogens with one attached hydrogen (secondary N) is 1. The van der Waals surface area contributed by atoms with E-state index in [-0.39, 0.29) is 24.9 Å². The lowest BCUT2D eigenvalue weighted by atomic mass is 10.0. The number of carbonyl (C=O) groups is 2. The number of aliphatic hydroxyl groups is 2. The fourth-order valence-corrected chi connectivity index (χ4v) is 9.02. The number of amides is 1. The molecule has 0 aromatic carbocycles. The summed E-state index contributed by atoms with van der Waals surface area (Å²) in [5.74, 6) is -0.471. The van der Waals surface area contributed by atoms with Crippen molar-refractivity contribution in [2.45, 2.75) is 334 Å². The Bertz CT molecular complexity index is 955. The second-order valence-electron chi connectivity index (χ2n) is 19.7. The average molecular weight is 891 g/mol. The van der Waals surface area contributed by atoms with Crippen LogP contribution in [0.15, 0.2) is 12.2 Å². The van der Waals surface area contributed by atoms with E-state index in [0.717, 1.165) is 51.4 Å². The molecule has 0 radical (unpaired) electrons. The Morgan fingerprint density at radius 1 is 0.444 bits per heavy atom. The zero-order valence-corrected chi connectivity index (χ0v) is 42.7. The molecule has 1 amide bonds. The molecule has 0 aliphatic heterocycles. The molecule has 3 unspecified atom stereocenters. The van der Waals surface area contributed by atoms with E-state index >= 15 is 0 Å². The molecule has 0 aliphatic rings. The highest BCUT2D eigenvalue weighted by Gasteiger charge is 2.24. The van der Waals surface area contributed by atoms with E-state index in [2.05, 4.69) is 38.2 Å². The van der Waals surface area contributed by atoms with Crippen molar-refractivity contribution in [1.82, 2.24) is 5.32 Å². The normalized spacial score (nSPS) is 13.2. The number of hydrogen-bond acceptors (Lipinski definition) is 5. The van der Waals surface area contributed by atoms with Gasteiger partial charge in [-0.05, 0) is 51.4 Å². The van der Waals surface area contributed by atoms with Gasteiger partial charge in [-0.1, -0.05) is 264 Å². The van der Waals surface area contributed by atoms with E-state index in [4.69, 9.17) is 4.74 Å². The van der Waals surface area contributed by atoms with E-state index < -0.39 is 18.2 Å². The third-order valence-electron chi connectivity index (χ3n) is 13.3. The van der Waals surface area contributed by atoms with E-state index in [1.807, 2.05) is 0 Å². The van der Waals surface area contributed by atoms with Crippen molar-refractivity contribution in [3.8, 4) is 0 Å². The zero-order chi connectivity index (χ0) is 45.9. The van der Waals surface area contributed by atoms with Crippen molar-refractivity contribution in [1.29, 1.82) is 0 Å². The van der Waals surface area contributed by atoms with Crippen LogP contribution in [0, 0.1) is 0 Å². The van der Waals surface area contributed by atoms with Gasteiger partial charge in [0, 0.05) is 6.42 Å². The number of carbonyl (C=O) groups excluding carboxylic acids is 2. The van der Waals surface area contributed by atoms with Gasteiger partial charge >= 0.3 is 5.97 Å². The van der Waals surface area contributed by atoms with Crippen LogP contribution < -0.4 is 5.32 Å². The second-order valence-corrected chi connectivity index (χ2v) is 19.7. The van der Waals surface area contributed by atoms with Crippen LogP contribution in [0.25, 0.3) is 0 Å². The van der Waals surface area contributed by atoms with Crippen LogP contribution in [0.2, 0.25) is 0 Å². The highest BCUT2D eigenvalue weighted by atomic mass is 16.5. The molecular formula is C57H111NO5. The van der Waals surface area contributed by atoms with Crippen molar-refractivity contribution in [2.24, 2.45) is 0 Å². The van der Waals surface area contributed by atoms with Crippen molar-refractivity contribution in [3.63, 3.8) is 0 Å². The van der Waals surface area contributed by atoms with Gasteiger partial charge in [0.15, 0.2) is 0 Å². The maximum absolute atomic E-state index is 13.2. The maximum Gasteiger partial charge on any atom is 0.306 e. The molecular weight excluding hydrogens is 779 g/mol. The Kier molecular flexibility index (Phi) is 50.4. The molecule has 0 saturated heterocycles. The van der Waals surface area contributed by atoms with Crippen molar-refractivity contribution >= 4 is 11.9 Å². The van der Waals surface area contributed by atoms with Crippen LogP contribution in [-0.2, 0) is 14.3 Å². The first-order valence-corrected chi connectivity index (χ1v) is 28.4. The zero-order valence-electron chi connectivity index (χ0n) is 42.7. The Balaban J connectivity index is 4.52. The largest absolute Gasteiger partial charge is 0.462 e. The van der Waals surface area contributed by atoms with Gasteiger partial charge in [-0.15, -0.1) is 0 Å². The molecule has 0 aromatic heterocycles. The highest BCUT2D eigenvalue weighted by Crippen LogP contribution is 2.19. The highest BCUT2D eigenvalue weighted by molar-refractivity contribution is 5.77. The number of rotatable bonds is 52. The minimum absolute atomic E-state index is 0.0794. The number of ether oxygens (including phenoxy) is 1. The lowest BCUT2D eigenvalue weighted by Crippen LogP contribution is -2.46. The monoisotopic (exact) mass is 890 g/mol. The first-order valence-electron chi connectivity index (χ1n) is 28.4. The van der Waals surface area contributed by atoms with Crippen molar-refractivity contribution < 1.29 is 24.5 Å². The summed E-state index contributed by atoms with van der Waals surface area (Å²) in [7, 11) is 0. The standard InChI is InChI=1S/C57H111NO5/c1-4-7-10-13-16-19-22-25-27-29-31-33-36-39-42-45-48-53(63-57(62)50-47-44-41-38-35-30-24-21-18-15-12-9-6-3)51-56(61)58-54(52-59)55(60)49-46-43-40-37-34-32-28-26-23-20-17-14-11-8-5-2/h30,35,53-55,59-60H,4-29,31-34,36-52H2,1-3H3,(H,58,61)/b35-30-. The first kappa shape index (κ1) is 61.6. The lowest BCUT2D eigenvalue weighted by molar-refractivity contribution is -0.151. The van der Waals surface area contributed by atoms with Gasteiger partial charge in [-0.2, -0.15) is 0 Å². The Morgan fingerprint density at radius 3 is 1.13 bits per heavy atom. The molecule has 3 N–H and O–H groups in total. The summed E-state index contributed by atoms with van der Waals surface area (Å²) < 4.78 is 5.95. The number of aliphatic hydroxyl groups excluding tert-OH is 2. The molecule has 0 bridgehead atoms.